The molecule has 1 aliphatic carbocycles. The summed E-state index contributed by atoms with van der Waals surface area (Å²) in [5.74, 6) is 0.115. The van der Waals surface area contributed by atoms with E-state index in [9.17, 15) is 13.6 Å². The Balaban J connectivity index is 1.55. The molecule has 5 nitrogen and oxygen atoms in total. The molecule has 0 bridgehead atoms. The number of halogens is 2. The van der Waals surface area contributed by atoms with Crippen LogP contribution in [-0.2, 0) is 4.74 Å². The SMILES string of the molecule is O=C(NC1CC(OC(F)F)C1)c1cc(-c2ccccc2)on1. The van der Waals surface area contributed by atoms with Crippen molar-refractivity contribution >= 4 is 5.91 Å². The van der Waals surface area contributed by atoms with Crippen molar-refractivity contribution in [2.24, 2.45) is 0 Å². The Bertz CT molecular complexity index is 639. The maximum Gasteiger partial charge on any atom is 0.345 e. The number of benzene rings is 1. The first-order valence-electron chi connectivity index (χ1n) is 6.88. The lowest BCUT2D eigenvalue weighted by Gasteiger charge is -2.34. The number of carbonyl (C=O) groups is 1. The number of alkyl halides is 2. The zero-order valence-electron chi connectivity index (χ0n) is 11.5. The summed E-state index contributed by atoms with van der Waals surface area (Å²) in [4.78, 5) is 12.0. The Morgan fingerprint density at radius 3 is 2.73 bits per heavy atom. The molecule has 0 atom stereocenters. The standard InChI is InChI=1S/C15H14F2N2O3/c16-15(17)21-11-6-10(7-11)18-14(20)12-8-13(22-19-12)9-4-2-1-3-5-9/h1-5,8,10-11,15H,6-7H2,(H,18,20). The molecule has 3 rings (SSSR count). The fourth-order valence-electron chi connectivity index (χ4n) is 2.32. The highest BCUT2D eigenvalue weighted by Crippen LogP contribution is 2.26. The van der Waals surface area contributed by atoms with Crippen molar-refractivity contribution in [1.82, 2.24) is 10.5 Å². The monoisotopic (exact) mass is 308 g/mol. The molecule has 22 heavy (non-hydrogen) atoms. The number of rotatable bonds is 5. The molecule has 1 aliphatic rings. The Labute approximate surface area is 125 Å². The quantitative estimate of drug-likeness (QED) is 0.922. The molecule has 1 fully saturated rings. The molecule has 0 saturated heterocycles. The Morgan fingerprint density at radius 1 is 1.32 bits per heavy atom. The first-order valence-corrected chi connectivity index (χ1v) is 6.88. The largest absolute Gasteiger partial charge is 0.355 e. The number of carbonyl (C=O) groups excluding carboxylic acids is 1. The summed E-state index contributed by atoms with van der Waals surface area (Å²) in [7, 11) is 0. The van der Waals surface area contributed by atoms with Crippen molar-refractivity contribution < 1.29 is 22.8 Å². The van der Waals surface area contributed by atoms with Crippen LogP contribution in [0.3, 0.4) is 0 Å². The summed E-state index contributed by atoms with van der Waals surface area (Å²) < 4.78 is 33.5. The number of ether oxygens (including phenoxy) is 1. The first kappa shape index (κ1) is 14.6. The lowest BCUT2D eigenvalue weighted by atomic mass is 9.89. The van der Waals surface area contributed by atoms with Crippen LogP contribution in [-0.4, -0.2) is 29.8 Å². The van der Waals surface area contributed by atoms with Crippen LogP contribution in [0.2, 0.25) is 0 Å². The maximum atomic E-state index is 12.0. The van der Waals surface area contributed by atoms with Crippen molar-refractivity contribution in [3.63, 3.8) is 0 Å². The van der Waals surface area contributed by atoms with Gasteiger partial charge in [0.2, 0.25) is 0 Å². The summed E-state index contributed by atoms with van der Waals surface area (Å²) >= 11 is 0. The van der Waals surface area contributed by atoms with Crippen LogP contribution in [0.25, 0.3) is 11.3 Å². The Morgan fingerprint density at radius 2 is 2.05 bits per heavy atom. The predicted molar refractivity (Wildman–Crippen MR) is 73.3 cm³/mol. The minimum absolute atomic E-state index is 0.164. The smallest absolute Gasteiger partial charge is 0.345 e. The summed E-state index contributed by atoms with van der Waals surface area (Å²) in [5, 5.41) is 6.45. The molecule has 2 aromatic rings. The van der Waals surface area contributed by atoms with Gasteiger partial charge in [0.1, 0.15) is 0 Å². The maximum absolute atomic E-state index is 12.0. The van der Waals surface area contributed by atoms with Crippen LogP contribution >= 0.6 is 0 Å². The second-order valence-electron chi connectivity index (χ2n) is 5.10. The minimum Gasteiger partial charge on any atom is -0.355 e. The number of aromatic nitrogens is 1. The van der Waals surface area contributed by atoms with Gasteiger partial charge in [-0.05, 0) is 12.8 Å². The van der Waals surface area contributed by atoms with Gasteiger partial charge in [-0.25, -0.2) is 0 Å². The van der Waals surface area contributed by atoms with Gasteiger partial charge in [-0.15, -0.1) is 0 Å². The molecule has 1 amide bonds. The molecule has 0 radical (unpaired) electrons. The molecule has 1 N–H and O–H groups in total. The van der Waals surface area contributed by atoms with Crippen LogP contribution in [0.4, 0.5) is 8.78 Å². The van der Waals surface area contributed by atoms with Crippen LogP contribution in [0.5, 0.6) is 0 Å². The van der Waals surface area contributed by atoms with Gasteiger partial charge in [-0.3, -0.25) is 4.79 Å². The van der Waals surface area contributed by atoms with E-state index in [0.29, 0.717) is 18.6 Å². The fourth-order valence-corrected chi connectivity index (χ4v) is 2.32. The van der Waals surface area contributed by atoms with Crippen molar-refractivity contribution in [2.75, 3.05) is 0 Å². The van der Waals surface area contributed by atoms with Gasteiger partial charge in [0.05, 0.1) is 6.10 Å². The van der Waals surface area contributed by atoms with Gasteiger partial charge in [-0.1, -0.05) is 35.5 Å². The second-order valence-corrected chi connectivity index (χ2v) is 5.10. The zero-order chi connectivity index (χ0) is 15.5. The topological polar surface area (TPSA) is 64.4 Å². The lowest BCUT2D eigenvalue weighted by Crippen LogP contribution is -2.48. The van der Waals surface area contributed by atoms with Crippen LogP contribution < -0.4 is 5.32 Å². The molecular formula is C15H14F2N2O3. The third kappa shape index (κ3) is 3.30. The normalized spacial score (nSPS) is 20.7. The van der Waals surface area contributed by atoms with Crippen molar-refractivity contribution in [3.05, 3.63) is 42.1 Å². The van der Waals surface area contributed by atoms with E-state index in [1.165, 1.54) is 0 Å². The van der Waals surface area contributed by atoms with Crippen LogP contribution in [0, 0.1) is 0 Å². The average Bonchev–Trinajstić information content (AvgIpc) is 2.95. The molecule has 1 aromatic carbocycles. The van der Waals surface area contributed by atoms with E-state index in [1.54, 1.807) is 6.07 Å². The number of hydrogen-bond donors (Lipinski definition) is 1. The number of nitrogens with zero attached hydrogens (tertiary/aromatic N) is 1. The highest BCUT2D eigenvalue weighted by atomic mass is 19.3. The second kappa shape index (κ2) is 6.23. The molecule has 7 heteroatoms. The van der Waals surface area contributed by atoms with Gasteiger partial charge in [0.25, 0.3) is 5.91 Å². The molecule has 0 aliphatic heterocycles. The van der Waals surface area contributed by atoms with E-state index in [4.69, 9.17) is 4.52 Å². The molecule has 1 saturated carbocycles. The highest BCUT2D eigenvalue weighted by Gasteiger charge is 2.33. The van der Waals surface area contributed by atoms with Crippen molar-refractivity contribution in [1.29, 1.82) is 0 Å². The number of nitrogens with one attached hydrogen (secondary N) is 1. The van der Waals surface area contributed by atoms with E-state index in [1.807, 2.05) is 30.3 Å². The molecule has 0 unspecified atom stereocenters. The summed E-state index contributed by atoms with van der Waals surface area (Å²) in [6, 6.07) is 10.7. The van der Waals surface area contributed by atoms with Gasteiger partial charge in [0.15, 0.2) is 11.5 Å². The van der Waals surface area contributed by atoms with E-state index in [0.717, 1.165) is 5.56 Å². The van der Waals surface area contributed by atoms with E-state index < -0.39 is 12.7 Å². The highest BCUT2D eigenvalue weighted by molar-refractivity contribution is 5.93. The Kier molecular flexibility index (Phi) is 4.15. The lowest BCUT2D eigenvalue weighted by molar-refractivity contribution is -0.184. The fraction of sp³-hybridized carbons (Fsp3) is 0.333. The average molecular weight is 308 g/mol. The molecule has 0 spiro atoms. The van der Waals surface area contributed by atoms with Gasteiger partial charge in [-0.2, -0.15) is 8.78 Å². The van der Waals surface area contributed by atoms with Gasteiger partial charge < -0.3 is 14.6 Å². The third-order valence-corrected chi connectivity index (χ3v) is 3.53. The van der Waals surface area contributed by atoms with E-state index >= 15 is 0 Å². The molecular weight excluding hydrogens is 294 g/mol. The van der Waals surface area contributed by atoms with E-state index in [2.05, 4.69) is 15.2 Å². The van der Waals surface area contributed by atoms with Crippen LogP contribution in [0.15, 0.2) is 40.9 Å². The number of hydrogen-bond acceptors (Lipinski definition) is 4. The molecule has 116 valence electrons. The van der Waals surface area contributed by atoms with Gasteiger partial charge >= 0.3 is 6.61 Å². The Hall–Kier alpha value is -2.28. The summed E-state index contributed by atoms with van der Waals surface area (Å²) in [6.07, 6.45) is 0.251. The van der Waals surface area contributed by atoms with Crippen LogP contribution in [0.1, 0.15) is 23.3 Å². The summed E-state index contributed by atoms with van der Waals surface area (Å²) in [6.45, 7) is -2.77. The first-order chi connectivity index (χ1) is 10.6. The molecule has 1 aromatic heterocycles. The zero-order valence-corrected chi connectivity index (χ0v) is 11.5. The minimum atomic E-state index is -2.77. The van der Waals surface area contributed by atoms with Gasteiger partial charge in [0, 0.05) is 17.7 Å². The van der Waals surface area contributed by atoms with E-state index in [-0.39, 0.29) is 17.6 Å². The summed E-state index contributed by atoms with van der Waals surface area (Å²) in [5.41, 5.74) is 0.986. The number of amides is 1. The molecule has 1 heterocycles. The third-order valence-electron chi connectivity index (χ3n) is 3.53. The van der Waals surface area contributed by atoms with Crippen molar-refractivity contribution in [3.8, 4) is 11.3 Å². The predicted octanol–water partition coefficient (Wildman–Crippen LogP) is 2.84. The van der Waals surface area contributed by atoms with Crippen molar-refractivity contribution in [2.45, 2.75) is 31.6 Å².